The Labute approximate surface area is 504 Å². The topological polar surface area (TPSA) is 293 Å². The minimum Gasteiger partial charge on any atom is -0.491 e. The first-order valence-corrected chi connectivity index (χ1v) is 32.0. The number of esters is 3. The number of carbonyl (C=O) groups is 3. The molecule has 7 aromatic carbocycles. The van der Waals surface area contributed by atoms with Gasteiger partial charge in [-0.15, -0.1) is 0 Å². The van der Waals surface area contributed by atoms with E-state index in [0.29, 0.717) is 17.1 Å². The van der Waals surface area contributed by atoms with E-state index in [4.69, 9.17) is 28.4 Å². The van der Waals surface area contributed by atoms with E-state index in [2.05, 4.69) is 30.7 Å². The summed E-state index contributed by atoms with van der Waals surface area (Å²) in [6, 6.07) is 37.8. The molecule has 0 aliphatic rings. The molecule has 0 aliphatic heterocycles. The quantitative estimate of drug-likeness (QED) is 0.0263. The monoisotopic (exact) mass is 1250 g/mol. The molecule has 0 fully saturated rings. The number of hydrogen-bond donors (Lipinski definition) is 0. The van der Waals surface area contributed by atoms with Gasteiger partial charge in [0.05, 0.1) is 52.9 Å². The first-order chi connectivity index (χ1) is 41.2. The van der Waals surface area contributed by atoms with Crippen molar-refractivity contribution in [3.63, 3.8) is 0 Å². The van der Waals surface area contributed by atoms with Gasteiger partial charge in [0, 0.05) is 59.0 Å². The number of likely N-dealkylation sites (N-methyl/N-ethyl adjacent to an activating group) is 3. The molecule has 0 bridgehead atoms. The van der Waals surface area contributed by atoms with Crippen LogP contribution in [-0.4, -0.2) is 135 Å². The van der Waals surface area contributed by atoms with E-state index in [1.165, 1.54) is 75.7 Å². The lowest BCUT2D eigenvalue weighted by Crippen LogP contribution is -2.30. The van der Waals surface area contributed by atoms with Gasteiger partial charge in [-0.3, -0.25) is 0 Å². The molecule has 0 saturated carbocycles. The number of ether oxygens (including phenoxy) is 6. The van der Waals surface area contributed by atoms with Crippen molar-refractivity contribution >= 4 is 82.1 Å². The fourth-order valence-electron chi connectivity index (χ4n) is 7.34. The minimum atomic E-state index is -3.60. The number of sulfonamides is 3. The van der Waals surface area contributed by atoms with Crippen LogP contribution in [0.1, 0.15) is 47.8 Å². The van der Waals surface area contributed by atoms with Gasteiger partial charge in [-0.1, -0.05) is 53.1 Å². The Balaban J connectivity index is 1.29. The van der Waals surface area contributed by atoms with Crippen LogP contribution in [0.25, 0.3) is 0 Å². The Morgan fingerprint density at radius 1 is 0.345 bits per heavy atom. The molecule has 0 aliphatic carbocycles. The Morgan fingerprint density at radius 2 is 0.563 bits per heavy atom. The summed E-state index contributed by atoms with van der Waals surface area (Å²) in [5.41, 5.74) is 4.43. The van der Waals surface area contributed by atoms with Crippen LogP contribution < -0.4 is 28.4 Å². The van der Waals surface area contributed by atoms with E-state index in [-0.39, 0.29) is 108 Å². The number of azo groups is 3. The molecule has 0 heterocycles. The smallest absolute Gasteiger partial charge is 0.347 e. The van der Waals surface area contributed by atoms with Gasteiger partial charge in [-0.05, 0) is 112 Å². The minimum absolute atomic E-state index is 0.0465. The van der Waals surface area contributed by atoms with Crippen molar-refractivity contribution in [2.75, 3.05) is 79.4 Å². The highest BCUT2D eigenvalue weighted by molar-refractivity contribution is 7.88. The van der Waals surface area contributed by atoms with E-state index < -0.39 is 48.0 Å². The molecular weight excluding hydrogens is 1180 g/mol. The third kappa shape index (κ3) is 20.0. The molecule has 0 N–H and O–H groups in total. The summed E-state index contributed by atoms with van der Waals surface area (Å²) < 4.78 is 112. The zero-order valence-electron chi connectivity index (χ0n) is 49.0. The molecule has 0 saturated heterocycles. The molecule has 0 aromatic heterocycles. The van der Waals surface area contributed by atoms with E-state index in [1.807, 2.05) is 57.2 Å². The van der Waals surface area contributed by atoms with E-state index >= 15 is 0 Å². The highest BCUT2D eigenvalue weighted by Gasteiger charge is 2.24. The summed E-state index contributed by atoms with van der Waals surface area (Å²) in [5, 5.41) is 25.8. The van der Waals surface area contributed by atoms with Crippen LogP contribution in [0.5, 0.6) is 34.5 Å². The number of rotatable bonds is 27. The van der Waals surface area contributed by atoms with Crippen molar-refractivity contribution in [1.82, 2.24) is 12.9 Å². The highest BCUT2D eigenvalue weighted by Crippen LogP contribution is 2.35. The van der Waals surface area contributed by atoms with Crippen molar-refractivity contribution < 1.29 is 68.1 Å². The van der Waals surface area contributed by atoms with Crippen molar-refractivity contribution in [2.24, 2.45) is 30.7 Å². The SMILES string of the molecule is Cc1ccc(N=Nc2ccc(OCCN(C)S(C)(=O)=O)c(C(=O)Oc3cc(OC(=O)c4cc(N=Nc5ccc(C)cc5)ccc4OCCN(C)S(C)(=O)=O)cc(OC(=O)c4cc(N=Nc5ccc(C)cc5)ccc4OCCN(C)S(C)(=O)=O)c3)c2)cc1. The predicted octanol–water partition coefficient (Wildman–Crippen LogP) is 11.3. The molecule has 7 rings (SSSR count). The van der Waals surface area contributed by atoms with Gasteiger partial charge in [0.1, 0.15) is 71.0 Å². The van der Waals surface area contributed by atoms with Crippen LogP contribution in [-0.2, 0) is 30.1 Å². The highest BCUT2D eigenvalue weighted by atomic mass is 32.2. The zero-order chi connectivity index (χ0) is 63.1. The van der Waals surface area contributed by atoms with Gasteiger partial charge in [-0.2, -0.15) is 30.7 Å². The van der Waals surface area contributed by atoms with Crippen molar-refractivity contribution in [3.8, 4) is 34.5 Å². The second kappa shape index (κ2) is 29.3. The third-order valence-corrected chi connectivity index (χ3v) is 16.6. The van der Waals surface area contributed by atoms with Crippen LogP contribution >= 0.6 is 0 Å². The lowest BCUT2D eigenvalue weighted by Gasteiger charge is -2.17. The maximum Gasteiger partial charge on any atom is 0.347 e. The van der Waals surface area contributed by atoms with Gasteiger partial charge in [0.15, 0.2) is 0 Å². The maximum atomic E-state index is 14.6. The molecule has 0 amide bonds. The summed E-state index contributed by atoms with van der Waals surface area (Å²) in [6.07, 6.45) is 3.09. The standard InChI is InChI=1S/C60H63N9O15S3/c1-40-10-16-43(17-11-40)61-64-46-22-25-55(79-31-28-67(4)85(7,73)74)52(34-46)58(70)82-49-37-50(83-59(71)53-35-47(65-62-44-18-12-41(2)13-19-44)23-26-56(53)80-32-29-68(5)86(8,75)76)39-51(38-49)84-60(72)54-36-48(66-63-45-20-14-42(3)15-21-45)24-27-57(54)81-33-30-69(6)87(9,77)78/h10-27,34-39H,28-33H2,1-9H3. The van der Waals surface area contributed by atoms with Crippen molar-refractivity contribution in [2.45, 2.75) is 20.8 Å². The summed E-state index contributed by atoms with van der Waals surface area (Å²) in [6.45, 7) is 4.82. The largest absolute Gasteiger partial charge is 0.491 e. The van der Waals surface area contributed by atoms with E-state index in [1.54, 1.807) is 36.4 Å². The lowest BCUT2D eigenvalue weighted by molar-refractivity contribution is 0.0726. The van der Waals surface area contributed by atoms with Gasteiger partial charge in [-0.25, -0.2) is 52.6 Å². The van der Waals surface area contributed by atoms with Gasteiger partial charge >= 0.3 is 17.9 Å². The first kappa shape index (κ1) is 65.4. The van der Waals surface area contributed by atoms with Gasteiger partial charge in [0.25, 0.3) is 0 Å². The molecule has 0 unspecified atom stereocenters. The predicted molar refractivity (Wildman–Crippen MR) is 326 cm³/mol. The van der Waals surface area contributed by atoms with Crippen LogP contribution in [0.3, 0.4) is 0 Å². The van der Waals surface area contributed by atoms with Crippen molar-refractivity contribution in [1.29, 1.82) is 0 Å². The molecule has 456 valence electrons. The average Bonchev–Trinajstić information content (AvgIpc) is 3.25. The second-order valence-electron chi connectivity index (χ2n) is 19.8. The van der Waals surface area contributed by atoms with E-state index in [0.717, 1.165) is 66.6 Å². The summed E-state index contributed by atoms with van der Waals surface area (Å²) in [4.78, 5) is 43.7. The molecule has 24 nitrogen and oxygen atoms in total. The summed E-state index contributed by atoms with van der Waals surface area (Å²) in [5.74, 6) is -4.43. The Bertz CT molecular complexity index is 3650. The zero-order valence-corrected chi connectivity index (χ0v) is 51.4. The molecule has 0 radical (unpaired) electrons. The van der Waals surface area contributed by atoms with Crippen LogP contribution in [0.4, 0.5) is 34.1 Å². The molecule has 0 spiro atoms. The summed E-state index contributed by atoms with van der Waals surface area (Å²) in [7, 11) is -6.73. The van der Waals surface area contributed by atoms with Crippen LogP contribution in [0.15, 0.2) is 176 Å². The molecule has 7 aromatic rings. The number of carbonyl (C=O) groups excluding carboxylic acids is 3. The molecule has 27 heteroatoms. The normalized spacial score (nSPS) is 12.1. The maximum absolute atomic E-state index is 14.6. The molecule has 0 atom stereocenters. The average molecular weight is 1250 g/mol. The third-order valence-electron chi connectivity index (χ3n) is 12.7. The fraction of sp³-hybridized carbons (Fsp3) is 0.250. The fourth-order valence-corrected chi connectivity index (χ4v) is 8.55. The molecule has 87 heavy (non-hydrogen) atoms. The number of benzene rings is 7. The van der Waals surface area contributed by atoms with Crippen LogP contribution in [0.2, 0.25) is 0 Å². The Kier molecular flexibility index (Phi) is 22.0. The molecular formula is C60H63N9O15S3. The second-order valence-corrected chi connectivity index (χ2v) is 26.0. The van der Waals surface area contributed by atoms with Crippen LogP contribution in [0, 0.1) is 20.8 Å². The number of aryl methyl sites for hydroxylation is 3. The Hall–Kier alpha value is -9.12. The summed E-state index contributed by atoms with van der Waals surface area (Å²) >= 11 is 0. The number of hydrogen-bond acceptors (Lipinski definition) is 21. The first-order valence-electron chi connectivity index (χ1n) is 26.5. The lowest BCUT2D eigenvalue weighted by atomic mass is 10.1. The van der Waals surface area contributed by atoms with E-state index in [9.17, 15) is 39.6 Å². The van der Waals surface area contributed by atoms with Crippen molar-refractivity contribution in [3.05, 3.63) is 179 Å². The van der Waals surface area contributed by atoms with Gasteiger partial charge < -0.3 is 28.4 Å². The number of nitrogens with zero attached hydrogens (tertiary/aromatic N) is 9. The Morgan fingerprint density at radius 3 is 0.793 bits per heavy atom. The van der Waals surface area contributed by atoms with Gasteiger partial charge in [0.2, 0.25) is 30.1 Å².